The lowest BCUT2D eigenvalue weighted by Gasteiger charge is -2.07. The Labute approximate surface area is 108 Å². The van der Waals surface area contributed by atoms with Crippen molar-refractivity contribution in [1.29, 1.82) is 0 Å². The Morgan fingerprint density at radius 3 is 2.95 bits per heavy atom. The summed E-state index contributed by atoms with van der Waals surface area (Å²) in [7, 11) is 0. The van der Waals surface area contributed by atoms with E-state index in [1.165, 1.54) is 6.20 Å². The van der Waals surface area contributed by atoms with Crippen LogP contribution in [-0.4, -0.2) is 22.7 Å². The van der Waals surface area contributed by atoms with Crippen LogP contribution in [0.15, 0.2) is 35.3 Å². The third-order valence-corrected chi connectivity index (χ3v) is 3.18. The fraction of sp³-hybridized carbons (Fsp3) is 0.143. The summed E-state index contributed by atoms with van der Waals surface area (Å²) >= 11 is 0. The Morgan fingerprint density at radius 1 is 1.32 bits per heavy atom. The van der Waals surface area contributed by atoms with Crippen molar-refractivity contribution < 1.29 is 14.6 Å². The molecule has 0 saturated carbocycles. The number of nitrogens with one attached hydrogen (secondary N) is 1. The van der Waals surface area contributed by atoms with E-state index in [0.29, 0.717) is 17.7 Å². The normalized spacial score (nSPS) is 12.8. The van der Waals surface area contributed by atoms with Gasteiger partial charge >= 0.3 is 5.97 Å². The molecule has 0 spiro atoms. The molecule has 1 aliphatic rings. The van der Waals surface area contributed by atoms with Gasteiger partial charge in [-0.2, -0.15) is 0 Å². The zero-order chi connectivity index (χ0) is 13.4. The molecule has 1 aliphatic heterocycles. The number of carboxylic acid groups (broad SMARTS) is 1. The number of aromatic nitrogens is 1. The second-order valence-corrected chi connectivity index (χ2v) is 4.32. The van der Waals surface area contributed by atoms with E-state index in [4.69, 9.17) is 9.84 Å². The maximum absolute atomic E-state index is 11.6. The lowest BCUT2D eigenvalue weighted by atomic mass is 9.99. The first-order chi connectivity index (χ1) is 9.16. The van der Waals surface area contributed by atoms with Crippen LogP contribution in [0, 0.1) is 0 Å². The highest BCUT2D eigenvalue weighted by Crippen LogP contribution is 2.31. The molecule has 2 N–H and O–H groups in total. The molecule has 0 amide bonds. The van der Waals surface area contributed by atoms with Crippen molar-refractivity contribution in [1.82, 2.24) is 4.98 Å². The number of rotatable bonds is 2. The average Bonchev–Trinajstić information content (AvgIpc) is 2.85. The first-order valence-electron chi connectivity index (χ1n) is 5.88. The molecule has 0 bridgehead atoms. The standard InChI is InChI=1S/C14H11NO4/c16-13-12(14(17)18)10(3-5-15-13)8-1-2-11-9(7-8)4-6-19-11/h1-3,5,7H,4,6H2,(H,15,16)(H,17,18). The Balaban J connectivity index is 2.20. The highest BCUT2D eigenvalue weighted by Gasteiger charge is 2.18. The summed E-state index contributed by atoms with van der Waals surface area (Å²) < 4.78 is 5.41. The van der Waals surface area contributed by atoms with Crippen LogP contribution in [0.3, 0.4) is 0 Å². The second kappa shape index (κ2) is 4.28. The summed E-state index contributed by atoms with van der Waals surface area (Å²) in [5.74, 6) is -0.404. The minimum absolute atomic E-state index is 0.235. The quantitative estimate of drug-likeness (QED) is 0.857. The van der Waals surface area contributed by atoms with E-state index >= 15 is 0 Å². The van der Waals surface area contributed by atoms with Gasteiger partial charge in [-0.25, -0.2) is 4.79 Å². The van der Waals surface area contributed by atoms with Gasteiger partial charge in [-0.1, -0.05) is 6.07 Å². The van der Waals surface area contributed by atoms with Crippen LogP contribution in [0.25, 0.3) is 11.1 Å². The van der Waals surface area contributed by atoms with Gasteiger partial charge < -0.3 is 14.8 Å². The summed E-state index contributed by atoms with van der Waals surface area (Å²) in [4.78, 5) is 25.2. The maximum Gasteiger partial charge on any atom is 0.341 e. The van der Waals surface area contributed by atoms with Crippen molar-refractivity contribution in [3.8, 4) is 16.9 Å². The van der Waals surface area contributed by atoms with Gasteiger partial charge in [0, 0.05) is 18.2 Å². The van der Waals surface area contributed by atoms with Crippen LogP contribution < -0.4 is 10.3 Å². The fourth-order valence-electron chi connectivity index (χ4n) is 2.29. The molecule has 1 aromatic heterocycles. The van der Waals surface area contributed by atoms with E-state index < -0.39 is 11.5 Å². The Hall–Kier alpha value is -2.56. The fourth-order valence-corrected chi connectivity index (χ4v) is 2.29. The molecule has 0 fully saturated rings. The Morgan fingerprint density at radius 2 is 2.16 bits per heavy atom. The minimum Gasteiger partial charge on any atom is -0.493 e. The molecule has 0 aliphatic carbocycles. The summed E-state index contributed by atoms with van der Waals surface area (Å²) in [6, 6.07) is 7.06. The van der Waals surface area contributed by atoms with Crippen LogP contribution in [0.4, 0.5) is 0 Å². The molecule has 5 nitrogen and oxygen atoms in total. The van der Waals surface area contributed by atoms with Gasteiger partial charge in [0.15, 0.2) is 0 Å². The van der Waals surface area contributed by atoms with E-state index in [-0.39, 0.29) is 5.56 Å². The summed E-state index contributed by atoms with van der Waals surface area (Å²) in [5, 5.41) is 9.16. The molecule has 0 atom stereocenters. The molecule has 2 aromatic rings. The lowest BCUT2D eigenvalue weighted by Crippen LogP contribution is -2.18. The molecular weight excluding hydrogens is 246 g/mol. The van der Waals surface area contributed by atoms with Gasteiger partial charge in [0.05, 0.1) is 6.61 Å². The van der Waals surface area contributed by atoms with Crippen molar-refractivity contribution in [3.63, 3.8) is 0 Å². The molecule has 1 aromatic carbocycles. The van der Waals surface area contributed by atoms with Crippen LogP contribution in [0.2, 0.25) is 0 Å². The minimum atomic E-state index is -1.23. The summed E-state index contributed by atoms with van der Waals surface area (Å²) in [5.41, 5.74) is 1.34. The number of H-pyrrole nitrogens is 1. The molecule has 0 saturated heterocycles. The zero-order valence-electron chi connectivity index (χ0n) is 9.97. The summed E-state index contributed by atoms with van der Waals surface area (Å²) in [6.45, 7) is 0.639. The van der Waals surface area contributed by atoms with E-state index in [1.54, 1.807) is 12.1 Å². The number of hydrogen-bond donors (Lipinski definition) is 2. The second-order valence-electron chi connectivity index (χ2n) is 4.32. The zero-order valence-corrected chi connectivity index (χ0v) is 9.97. The number of ether oxygens (including phenoxy) is 1. The van der Waals surface area contributed by atoms with Crippen molar-refractivity contribution >= 4 is 5.97 Å². The van der Waals surface area contributed by atoms with Crippen molar-refractivity contribution in [2.24, 2.45) is 0 Å². The van der Waals surface area contributed by atoms with Gasteiger partial charge in [-0.05, 0) is 29.3 Å². The number of carbonyl (C=O) groups is 1. The highest BCUT2D eigenvalue weighted by molar-refractivity contribution is 5.95. The predicted octanol–water partition coefficient (Wildman–Crippen LogP) is 1.68. The third-order valence-electron chi connectivity index (χ3n) is 3.18. The van der Waals surface area contributed by atoms with Crippen LogP contribution in [-0.2, 0) is 6.42 Å². The molecule has 5 heteroatoms. The SMILES string of the molecule is O=C(O)c1c(-c2ccc3c(c2)CCO3)cc[nH]c1=O. The van der Waals surface area contributed by atoms with Crippen LogP contribution in [0.1, 0.15) is 15.9 Å². The largest absolute Gasteiger partial charge is 0.493 e. The molecule has 0 radical (unpaired) electrons. The Kier molecular flexibility index (Phi) is 2.59. The number of carboxylic acids is 1. The van der Waals surface area contributed by atoms with Gasteiger partial charge in [0.2, 0.25) is 0 Å². The summed E-state index contributed by atoms with van der Waals surface area (Å²) in [6.07, 6.45) is 2.25. The predicted molar refractivity (Wildman–Crippen MR) is 68.7 cm³/mol. The van der Waals surface area contributed by atoms with Crippen molar-refractivity contribution in [2.45, 2.75) is 6.42 Å². The lowest BCUT2D eigenvalue weighted by molar-refractivity contribution is 0.0696. The van der Waals surface area contributed by atoms with E-state index in [1.807, 2.05) is 12.1 Å². The molecule has 19 heavy (non-hydrogen) atoms. The molecule has 3 rings (SSSR count). The molecule has 96 valence electrons. The van der Waals surface area contributed by atoms with E-state index in [0.717, 1.165) is 17.7 Å². The van der Waals surface area contributed by atoms with Gasteiger partial charge in [-0.15, -0.1) is 0 Å². The number of benzene rings is 1. The maximum atomic E-state index is 11.6. The van der Waals surface area contributed by atoms with Crippen molar-refractivity contribution in [3.05, 3.63) is 51.9 Å². The monoisotopic (exact) mass is 257 g/mol. The highest BCUT2D eigenvalue weighted by atomic mass is 16.5. The van der Waals surface area contributed by atoms with E-state index in [9.17, 15) is 9.59 Å². The number of hydrogen-bond acceptors (Lipinski definition) is 3. The van der Waals surface area contributed by atoms with Gasteiger partial charge in [0.1, 0.15) is 11.3 Å². The third kappa shape index (κ3) is 1.89. The van der Waals surface area contributed by atoms with Gasteiger partial charge in [0.25, 0.3) is 5.56 Å². The van der Waals surface area contributed by atoms with Crippen LogP contribution >= 0.6 is 0 Å². The first-order valence-corrected chi connectivity index (χ1v) is 5.88. The van der Waals surface area contributed by atoms with Gasteiger partial charge in [-0.3, -0.25) is 4.79 Å². The van der Waals surface area contributed by atoms with Crippen molar-refractivity contribution in [2.75, 3.05) is 6.61 Å². The average molecular weight is 257 g/mol. The number of aromatic carboxylic acids is 1. The molecule has 0 unspecified atom stereocenters. The first kappa shape index (κ1) is 11.5. The smallest absolute Gasteiger partial charge is 0.341 e. The van der Waals surface area contributed by atoms with E-state index in [2.05, 4.69) is 4.98 Å². The van der Waals surface area contributed by atoms with Crippen LogP contribution in [0.5, 0.6) is 5.75 Å². The number of aromatic amines is 1. The molecular formula is C14H11NO4. The molecule has 2 heterocycles. The number of fused-ring (bicyclic) bond motifs is 1. The Bertz CT molecular complexity index is 718. The number of pyridine rings is 1. The topological polar surface area (TPSA) is 79.4 Å².